The van der Waals surface area contributed by atoms with Crippen molar-refractivity contribution in [3.63, 3.8) is 0 Å². The van der Waals surface area contributed by atoms with Crippen molar-refractivity contribution in [3.8, 4) is 0 Å². The van der Waals surface area contributed by atoms with E-state index in [1.165, 1.54) is 12.5 Å². The van der Waals surface area contributed by atoms with Crippen molar-refractivity contribution in [1.29, 1.82) is 0 Å². The number of ketones is 1. The molecular formula is C20H25NO4. The van der Waals surface area contributed by atoms with Crippen molar-refractivity contribution in [2.75, 3.05) is 13.2 Å². The van der Waals surface area contributed by atoms with Crippen LogP contribution < -0.4 is 0 Å². The quantitative estimate of drug-likeness (QED) is 0.891. The summed E-state index contributed by atoms with van der Waals surface area (Å²) in [4.78, 5) is 26.3. The lowest BCUT2D eigenvalue weighted by molar-refractivity contribution is -0.131. The molecule has 0 aliphatic carbocycles. The van der Waals surface area contributed by atoms with E-state index in [2.05, 4.69) is 13.8 Å². The Balaban J connectivity index is 1.96. The highest BCUT2D eigenvalue weighted by Crippen LogP contribution is 2.38. The highest BCUT2D eigenvalue weighted by Gasteiger charge is 2.43. The highest BCUT2D eigenvalue weighted by atomic mass is 16.5. The molecule has 1 amide bonds. The molecule has 0 saturated carbocycles. The zero-order valence-electron chi connectivity index (χ0n) is 15.0. The van der Waals surface area contributed by atoms with Gasteiger partial charge in [-0.3, -0.25) is 9.59 Å². The third-order valence-electron chi connectivity index (χ3n) is 5.03. The smallest absolute Gasteiger partial charge is 0.290 e. The number of aliphatic hydroxyl groups excluding tert-OH is 1. The Morgan fingerprint density at radius 1 is 1.32 bits per heavy atom. The second-order valence-corrected chi connectivity index (χ2v) is 7.13. The van der Waals surface area contributed by atoms with Crippen LogP contribution in [0.5, 0.6) is 0 Å². The number of rotatable bonds is 5. The lowest BCUT2D eigenvalue weighted by Gasteiger charge is -2.29. The van der Waals surface area contributed by atoms with E-state index >= 15 is 0 Å². The van der Waals surface area contributed by atoms with Crippen LogP contribution >= 0.6 is 0 Å². The summed E-state index contributed by atoms with van der Waals surface area (Å²) in [5.41, 5.74) is 2.21. The largest absolute Gasteiger partial charge is 0.503 e. The molecule has 1 N–H and O–H groups in total. The first-order chi connectivity index (χ1) is 11.9. The van der Waals surface area contributed by atoms with Gasteiger partial charge in [-0.2, -0.15) is 0 Å². The summed E-state index contributed by atoms with van der Waals surface area (Å²) in [5.74, 6) is -0.792. The molecule has 1 saturated heterocycles. The van der Waals surface area contributed by atoms with Gasteiger partial charge < -0.3 is 14.7 Å². The lowest BCUT2D eigenvalue weighted by atomic mass is 9.94. The third kappa shape index (κ3) is 3.33. The maximum atomic E-state index is 12.6. The van der Waals surface area contributed by atoms with Gasteiger partial charge in [0.1, 0.15) is 0 Å². The van der Waals surface area contributed by atoms with E-state index in [1.54, 1.807) is 4.90 Å². The van der Waals surface area contributed by atoms with E-state index in [0.717, 1.165) is 18.4 Å². The number of amides is 1. The Hall–Kier alpha value is -2.14. The summed E-state index contributed by atoms with van der Waals surface area (Å²) in [6, 6.07) is 7.37. The van der Waals surface area contributed by atoms with E-state index in [-0.39, 0.29) is 17.5 Å². The Morgan fingerprint density at radius 2 is 2.00 bits per heavy atom. The summed E-state index contributed by atoms with van der Waals surface area (Å²) < 4.78 is 5.65. The first-order valence-electron chi connectivity index (χ1n) is 8.86. The van der Waals surface area contributed by atoms with Crippen LogP contribution in [0.3, 0.4) is 0 Å². The van der Waals surface area contributed by atoms with Gasteiger partial charge >= 0.3 is 0 Å². The molecule has 2 atom stereocenters. The van der Waals surface area contributed by atoms with Crippen molar-refractivity contribution in [1.82, 2.24) is 4.90 Å². The third-order valence-corrected chi connectivity index (χ3v) is 5.03. The number of nitrogens with zero attached hydrogens (tertiary/aromatic N) is 1. The van der Waals surface area contributed by atoms with Crippen LogP contribution in [0.25, 0.3) is 0 Å². The number of hydrogen-bond acceptors (Lipinski definition) is 4. The molecule has 25 heavy (non-hydrogen) atoms. The number of carbonyl (C=O) groups is 2. The maximum Gasteiger partial charge on any atom is 0.290 e. The highest BCUT2D eigenvalue weighted by molar-refractivity contribution is 6.08. The van der Waals surface area contributed by atoms with Crippen molar-refractivity contribution in [3.05, 3.63) is 46.7 Å². The molecule has 134 valence electrons. The Kier molecular flexibility index (Phi) is 4.95. The van der Waals surface area contributed by atoms with Gasteiger partial charge in [-0.15, -0.1) is 0 Å². The molecule has 3 rings (SSSR count). The molecule has 1 aromatic rings. The van der Waals surface area contributed by atoms with Gasteiger partial charge in [0.25, 0.3) is 5.91 Å². The molecule has 0 radical (unpaired) electrons. The summed E-state index contributed by atoms with van der Waals surface area (Å²) in [6.07, 6.45) is 1.82. The fourth-order valence-corrected chi connectivity index (χ4v) is 3.62. The molecule has 2 aliphatic rings. The molecule has 5 nitrogen and oxygen atoms in total. The molecule has 1 fully saturated rings. The topological polar surface area (TPSA) is 66.8 Å². The number of aliphatic hydroxyl groups is 1. The Bertz CT molecular complexity index is 699. The average molecular weight is 343 g/mol. The molecule has 2 aliphatic heterocycles. The normalized spacial score (nSPS) is 23.8. The SMILES string of the molecule is CC(=O)C1=C(O)C(=O)N(CC2CCCO2)C1c1ccc(C(C)C)cc1. The summed E-state index contributed by atoms with van der Waals surface area (Å²) in [5, 5.41) is 10.3. The molecule has 2 heterocycles. The average Bonchev–Trinajstić information content (AvgIpc) is 3.17. The lowest BCUT2D eigenvalue weighted by Crippen LogP contribution is -2.37. The first-order valence-corrected chi connectivity index (χ1v) is 8.86. The predicted octanol–water partition coefficient (Wildman–Crippen LogP) is 3.27. The molecule has 0 spiro atoms. The fourth-order valence-electron chi connectivity index (χ4n) is 3.62. The van der Waals surface area contributed by atoms with Gasteiger partial charge in [0.2, 0.25) is 0 Å². The predicted molar refractivity (Wildman–Crippen MR) is 94.3 cm³/mol. The molecule has 0 aromatic heterocycles. The van der Waals surface area contributed by atoms with E-state index < -0.39 is 17.7 Å². The molecule has 0 bridgehead atoms. The molecule has 5 heteroatoms. The van der Waals surface area contributed by atoms with Crippen molar-refractivity contribution in [2.24, 2.45) is 0 Å². The van der Waals surface area contributed by atoms with Gasteiger partial charge in [-0.1, -0.05) is 38.1 Å². The Morgan fingerprint density at radius 3 is 2.52 bits per heavy atom. The summed E-state index contributed by atoms with van der Waals surface area (Å²) in [7, 11) is 0. The van der Waals surface area contributed by atoms with Crippen molar-refractivity contribution in [2.45, 2.75) is 51.7 Å². The molecular weight excluding hydrogens is 318 g/mol. The molecule has 2 unspecified atom stereocenters. The van der Waals surface area contributed by atoms with Crippen LogP contribution in [-0.2, 0) is 14.3 Å². The first kappa shape index (κ1) is 17.7. The van der Waals surface area contributed by atoms with Crippen molar-refractivity contribution >= 4 is 11.7 Å². The second-order valence-electron chi connectivity index (χ2n) is 7.13. The van der Waals surface area contributed by atoms with Gasteiger partial charge in [-0.25, -0.2) is 0 Å². The zero-order chi connectivity index (χ0) is 18.1. The number of ether oxygens (including phenoxy) is 1. The minimum absolute atomic E-state index is 0.0412. The summed E-state index contributed by atoms with van der Waals surface area (Å²) >= 11 is 0. The number of Topliss-reactive ketones (excluding diaryl/α,β-unsaturated/α-hetero) is 1. The summed E-state index contributed by atoms with van der Waals surface area (Å²) in [6.45, 7) is 6.70. The minimum Gasteiger partial charge on any atom is -0.503 e. The maximum absolute atomic E-state index is 12.6. The van der Waals surface area contributed by atoms with E-state index in [0.29, 0.717) is 19.1 Å². The standard InChI is InChI=1S/C20H25NO4/c1-12(2)14-6-8-15(9-7-14)18-17(13(3)22)19(23)20(24)21(18)11-16-5-4-10-25-16/h6-9,12,16,18,23H,4-5,10-11H2,1-3H3. The van der Waals surface area contributed by atoms with Crippen LogP contribution in [0.4, 0.5) is 0 Å². The van der Waals surface area contributed by atoms with Crippen LogP contribution in [0.15, 0.2) is 35.6 Å². The van der Waals surface area contributed by atoms with Crippen molar-refractivity contribution < 1.29 is 19.4 Å². The van der Waals surface area contributed by atoms with Gasteiger partial charge in [0.05, 0.1) is 17.7 Å². The van der Waals surface area contributed by atoms with Crippen LogP contribution in [0, 0.1) is 0 Å². The monoisotopic (exact) mass is 343 g/mol. The van der Waals surface area contributed by atoms with Gasteiger partial charge in [-0.05, 0) is 36.8 Å². The minimum atomic E-state index is -0.546. The number of benzene rings is 1. The van der Waals surface area contributed by atoms with Crippen LogP contribution in [-0.4, -0.2) is 41.0 Å². The second kappa shape index (κ2) is 7.00. The number of hydrogen-bond donors (Lipinski definition) is 1. The Labute approximate surface area is 148 Å². The zero-order valence-corrected chi connectivity index (χ0v) is 15.0. The van der Waals surface area contributed by atoms with Gasteiger partial charge in [0.15, 0.2) is 11.5 Å². The molecule has 1 aromatic carbocycles. The number of carbonyl (C=O) groups excluding carboxylic acids is 2. The van der Waals surface area contributed by atoms with E-state index in [4.69, 9.17) is 4.74 Å². The van der Waals surface area contributed by atoms with E-state index in [1.807, 2.05) is 24.3 Å². The fraction of sp³-hybridized carbons (Fsp3) is 0.500. The van der Waals surface area contributed by atoms with E-state index in [9.17, 15) is 14.7 Å². The van der Waals surface area contributed by atoms with Crippen LogP contribution in [0.1, 0.15) is 56.7 Å². The van der Waals surface area contributed by atoms with Crippen LogP contribution in [0.2, 0.25) is 0 Å². The van der Waals surface area contributed by atoms with Gasteiger partial charge in [0, 0.05) is 13.2 Å².